The van der Waals surface area contributed by atoms with Crippen molar-refractivity contribution in [1.82, 2.24) is 0 Å². The number of nitrogens with two attached hydrogens (primary N) is 1. The quantitative estimate of drug-likeness (QED) is 0.725. The highest BCUT2D eigenvalue weighted by atomic mass is 19.1. The number of carbonyl (C=O) groups excluding carboxylic acids is 2. The van der Waals surface area contributed by atoms with Gasteiger partial charge in [-0.05, 0) is 69.0 Å². The van der Waals surface area contributed by atoms with Crippen LogP contribution in [0.2, 0.25) is 0 Å². The zero-order chi connectivity index (χ0) is 21.2. The molecular formula is C22H25FN2O4. The number of anilines is 1. The maximum atomic E-state index is 13.3. The largest absolute Gasteiger partial charge is 0.479 e. The molecule has 3 rings (SSSR count). The predicted molar refractivity (Wildman–Crippen MR) is 107 cm³/mol. The summed E-state index contributed by atoms with van der Waals surface area (Å²) in [5, 5.41) is 2.73. The van der Waals surface area contributed by atoms with E-state index < -0.39 is 23.7 Å². The SMILES string of the molecule is CC1Oc2ccc(C(N)C(=O)OC(C)(C)CCc3cccc(F)c3)cc2NC1=O. The first-order valence-electron chi connectivity index (χ1n) is 9.49. The highest BCUT2D eigenvalue weighted by molar-refractivity contribution is 5.97. The number of amides is 1. The Bertz CT molecular complexity index is 929. The van der Waals surface area contributed by atoms with E-state index in [2.05, 4.69) is 5.32 Å². The molecule has 1 heterocycles. The second-order valence-corrected chi connectivity index (χ2v) is 7.79. The maximum absolute atomic E-state index is 13.3. The highest BCUT2D eigenvalue weighted by Gasteiger charge is 2.29. The highest BCUT2D eigenvalue weighted by Crippen LogP contribution is 2.32. The predicted octanol–water partition coefficient (Wildman–Crippen LogP) is 3.50. The molecule has 6 nitrogen and oxygen atoms in total. The van der Waals surface area contributed by atoms with Crippen molar-refractivity contribution in [3.63, 3.8) is 0 Å². The summed E-state index contributed by atoms with van der Waals surface area (Å²) in [6.07, 6.45) is 0.500. The van der Waals surface area contributed by atoms with Gasteiger partial charge in [-0.2, -0.15) is 0 Å². The molecule has 0 bridgehead atoms. The summed E-state index contributed by atoms with van der Waals surface area (Å²) in [4.78, 5) is 24.4. The summed E-state index contributed by atoms with van der Waals surface area (Å²) < 4.78 is 24.4. The van der Waals surface area contributed by atoms with Crippen LogP contribution in [0.1, 0.15) is 44.4 Å². The number of halogens is 1. The summed E-state index contributed by atoms with van der Waals surface area (Å²) in [6, 6.07) is 10.3. The van der Waals surface area contributed by atoms with Gasteiger partial charge in [-0.1, -0.05) is 18.2 Å². The van der Waals surface area contributed by atoms with Gasteiger partial charge in [0.2, 0.25) is 0 Å². The molecule has 1 aliphatic rings. The van der Waals surface area contributed by atoms with E-state index in [4.69, 9.17) is 15.2 Å². The molecule has 154 valence electrons. The molecule has 2 aromatic carbocycles. The van der Waals surface area contributed by atoms with Gasteiger partial charge in [0.05, 0.1) is 5.69 Å². The molecule has 1 aliphatic heterocycles. The fourth-order valence-corrected chi connectivity index (χ4v) is 3.08. The Kier molecular flexibility index (Phi) is 5.88. The van der Waals surface area contributed by atoms with Crippen LogP contribution in [0.3, 0.4) is 0 Å². The van der Waals surface area contributed by atoms with Crippen LogP contribution in [0.25, 0.3) is 0 Å². The van der Waals surface area contributed by atoms with E-state index >= 15 is 0 Å². The smallest absolute Gasteiger partial charge is 0.328 e. The van der Waals surface area contributed by atoms with Gasteiger partial charge in [0.25, 0.3) is 5.91 Å². The van der Waals surface area contributed by atoms with E-state index in [0.29, 0.717) is 29.8 Å². The Labute approximate surface area is 169 Å². The van der Waals surface area contributed by atoms with Gasteiger partial charge in [0.15, 0.2) is 6.10 Å². The van der Waals surface area contributed by atoms with Crippen molar-refractivity contribution in [3.05, 3.63) is 59.4 Å². The topological polar surface area (TPSA) is 90.7 Å². The standard InChI is InChI=1S/C22H25FN2O4/c1-13-20(26)25-17-12-15(7-8-18(17)28-13)19(24)21(27)29-22(2,3)10-9-14-5-4-6-16(23)11-14/h4-8,11-13,19H,9-10,24H2,1-3H3,(H,25,26). The van der Waals surface area contributed by atoms with Crippen molar-refractivity contribution in [3.8, 4) is 5.75 Å². The van der Waals surface area contributed by atoms with Crippen molar-refractivity contribution >= 4 is 17.6 Å². The minimum Gasteiger partial charge on any atom is -0.479 e. The van der Waals surface area contributed by atoms with Gasteiger partial charge < -0.3 is 20.5 Å². The van der Waals surface area contributed by atoms with Crippen LogP contribution in [0.4, 0.5) is 10.1 Å². The van der Waals surface area contributed by atoms with Gasteiger partial charge >= 0.3 is 5.97 Å². The molecule has 0 saturated heterocycles. The first kappa shape index (κ1) is 20.8. The number of rotatable bonds is 6. The second-order valence-electron chi connectivity index (χ2n) is 7.79. The first-order chi connectivity index (χ1) is 13.6. The summed E-state index contributed by atoms with van der Waals surface area (Å²) in [5.74, 6) is -0.607. The van der Waals surface area contributed by atoms with Crippen molar-refractivity contribution < 1.29 is 23.5 Å². The second kappa shape index (κ2) is 8.21. The zero-order valence-electron chi connectivity index (χ0n) is 16.7. The third kappa shape index (κ3) is 5.12. The molecule has 2 unspecified atom stereocenters. The monoisotopic (exact) mass is 400 g/mol. The van der Waals surface area contributed by atoms with E-state index in [1.54, 1.807) is 45.0 Å². The van der Waals surface area contributed by atoms with Crippen LogP contribution >= 0.6 is 0 Å². The fraction of sp³-hybridized carbons (Fsp3) is 0.364. The van der Waals surface area contributed by atoms with Crippen LogP contribution < -0.4 is 15.8 Å². The number of esters is 1. The minimum atomic E-state index is -1.01. The molecule has 0 spiro atoms. The number of hydrogen-bond donors (Lipinski definition) is 2. The Morgan fingerprint density at radius 2 is 2.07 bits per heavy atom. The minimum absolute atomic E-state index is 0.260. The van der Waals surface area contributed by atoms with Gasteiger partial charge in [-0.25, -0.2) is 9.18 Å². The molecule has 0 saturated carbocycles. The Morgan fingerprint density at radius 3 is 2.79 bits per heavy atom. The molecular weight excluding hydrogens is 375 g/mol. The Morgan fingerprint density at radius 1 is 1.31 bits per heavy atom. The number of aryl methyl sites for hydroxylation is 1. The lowest BCUT2D eigenvalue weighted by Crippen LogP contribution is -2.35. The summed E-state index contributed by atoms with van der Waals surface area (Å²) in [7, 11) is 0. The van der Waals surface area contributed by atoms with Gasteiger partial charge in [-0.3, -0.25) is 4.79 Å². The normalized spacial score (nSPS) is 17.0. The summed E-state index contributed by atoms with van der Waals surface area (Å²) in [6.45, 7) is 5.24. The van der Waals surface area contributed by atoms with E-state index in [-0.39, 0.29) is 11.7 Å². The Hall–Kier alpha value is -2.93. The lowest BCUT2D eigenvalue weighted by Gasteiger charge is -2.28. The number of hydrogen-bond acceptors (Lipinski definition) is 5. The molecule has 0 fully saturated rings. The van der Waals surface area contributed by atoms with Gasteiger partial charge in [0.1, 0.15) is 23.2 Å². The van der Waals surface area contributed by atoms with E-state index in [0.717, 1.165) is 5.56 Å². The van der Waals surface area contributed by atoms with Crippen LogP contribution in [0.5, 0.6) is 5.75 Å². The molecule has 7 heteroatoms. The average Bonchev–Trinajstić information content (AvgIpc) is 2.66. The number of benzene rings is 2. The zero-order valence-corrected chi connectivity index (χ0v) is 16.7. The lowest BCUT2D eigenvalue weighted by atomic mass is 9.98. The molecule has 29 heavy (non-hydrogen) atoms. The molecule has 1 amide bonds. The summed E-state index contributed by atoms with van der Waals surface area (Å²) >= 11 is 0. The summed E-state index contributed by atoms with van der Waals surface area (Å²) in [5.41, 5.74) is 7.13. The molecule has 2 aromatic rings. The molecule has 2 atom stereocenters. The van der Waals surface area contributed by atoms with E-state index in [1.165, 1.54) is 12.1 Å². The molecule has 0 aromatic heterocycles. The van der Waals surface area contributed by atoms with Crippen molar-refractivity contribution in [1.29, 1.82) is 0 Å². The average molecular weight is 400 g/mol. The van der Waals surface area contributed by atoms with Crippen LogP contribution in [0.15, 0.2) is 42.5 Å². The number of ether oxygens (including phenoxy) is 2. The van der Waals surface area contributed by atoms with Crippen molar-refractivity contribution in [2.45, 2.75) is 51.4 Å². The van der Waals surface area contributed by atoms with Crippen molar-refractivity contribution in [2.24, 2.45) is 5.73 Å². The van der Waals surface area contributed by atoms with Gasteiger partial charge in [0, 0.05) is 0 Å². The third-order valence-corrected chi connectivity index (χ3v) is 4.83. The van der Waals surface area contributed by atoms with Crippen LogP contribution in [0, 0.1) is 5.82 Å². The number of carbonyl (C=O) groups is 2. The first-order valence-corrected chi connectivity index (χ1v) is 9.49. The van der Waals surface area contributed by atoms with E-state index in [9.17, 15) is 14.0 Å². The lowest BCUT2D eigenvalue weighted by molar-refractivity contribution is -0.158. The number of nitrogens with one attached hydrogen (secondary N) is 1. The Balaban J connectivity index is 1.63. The van der Waals surface area contributed by atoms with Crippen LogP contribution in [-0.4, -0.2) is 23.6 Å². The third-order valence-electron chi connectivity index (χ3n) is 4.83. The fourth-order valence-electron chi connectivity index (χ4n) is 3.08. The molecule has 0 radical (unpaired) electrons. The number of fused-ring (bicyclic) bond motifs is 1. The molecule has 3 N–H and O–H groups in total. The maximum Gasteiger partial charge on any atom is 0.328 e. The van der Waals surface area contributed by atoms with Crippen LogP contribution in [-0.2, 0) is 20.7 Å². The van der Waals surface area contributed by atoms with Crippen molar-refractivity contribution in [2.75, 3.05) is 5.32 Å². The van der Waals surface area contributed by atoms with Gasteiger partial charge in [-0.15, -0.1) is 0 Å². The molecule has 0 aliphatic carbocycles. The van der Waals surface area contributed by atoms with E-state index in [1.807, 2.05) is 6.07 Å².